The summed E-state index contributed by atoms with van der Waals surface area (Å²) in [4.78, 5) is 17.1. The number of carboxylic acids is 1. The van der Waals surface area contributed by atoms with E-state index in [4.69, 9.17) is 9.52 Å². The SMILES string of the molecule is CCN1CCC(c2nc(CC(=O)O)co2)C1. The number of hydrogen-bond acceptors (Lipinski definition) is 4. The first kappa shape index (κ1) is 11.1. The molecule has 88 valence electrons. The maximum Gasteiger partial charge on any atom is 0.309 e. The molecule has 1 atom stereocenters. The summed E-state index contributed by atoms with van der Waals surface area (Å²) < 4.78 is 5.34. The van der Waals surface area contributed by atoms with Gasteiger partial charge in [-0.25, -0.2) is 4.98 Å². The van der Waals surface area contributed by atoms with Crippen LogP contribution in [0.2, 0.25) is 0 Å². The topological polar surface area (TPSA) is 66.6 Å². The van der Waals surface area contributed by atoms with Gasteiger partial charge in [0.1, 0.15) is 6.26 Å². The number of hydrogen-bond donors (Lipinski definition) is 1. The maximum absolute atomic E-state index is 10.5. The Labute approximate surface area is 94.1 Å². The van der Waals surface area contributed by atoms with Gasteiger partial charge in [-0.05, 0) is 19.5 Å². The molecule has 1 N–H and O–H groups in total. The second-order valence-electron chi connectivity index (χ2n) is 4.13. The lowest BCUT2D eigenvalue weighted by atomic mass is 10.1. The van der Waals surface area contributed by atoms with Crippen molar-refractivity contribution in [2.45, 2.75) is 25.7 Å². The highest BCUT2D eigenvalue weighted by molar-refractivity contribution is 5.69. The molecule has 1 unspecified atom stereocenters. The molecule has 1 saturated heterocycles. The van der Waals surface area contributed by atoms with Crippen LogP contribution in [-0.2, 0) is 11.2 Å². The molecule has 5 heteroatoms. The van der Waals surface area contributed by atoms with E-state index in [2.05, 4.69) is 16.8 Å². The lowest BCUT2D eigenvalue weighted by Gasteiger charge is -2.10. The number of oxazole rings is 1. The second-order valence-corrected chi connectivity index (χ2v) is 4.13. The van der Waals surface area contributed by atoms with E-state index in [1.165, 1.54) is 6.26 Å². The lowest BCUT2D eigenvalue weighted by molar-refractivity contribution is -0.136. The minimum atomic E-state index is -0.874. The second kappa shape index (κ2) is 4.65. The Morgan fingerprint density at radius 1 is 1.75 bits per heavy atom. The molecule has 0 aromatic carbocycles. The Morgan fingerprint density at radius 3 is 3.19 bits per heavy atom. The zero-order chi connectivity index (χ0) is 11.5. The van der Waals surface area contributed by atoms with E-state index in [-0.39, 0.29) is 6.42 Å². The number of rotatable bonds is 4. The van der Waals surface area contributed by atoms with Crippen LogP contribution in [0.25, 0.3) is 0 Å². The molecule has 0 radical (unpaired) electrons. The van der Waals surface area contributed by atoms with E-state index in [1.54, 1.807) is 0 Å². The summed E-state index contributed by atoms with van der Waals surface area (Å²) in [6.45, 7) is 5.20. The fraction of sp³-hybridized carbons (Fsp3) is 0.636. The minimum Gasteiger partial charge on any atom is -0.481 e. The van der Waals surface area contributed by atoms with Gasteiger partial charge in [-0.15, -0.1) is 0 Å². The molecule has 0 saturated carbocycles. The fourth-order valence-electron chi connectivity index (χ4n) is 2.07. The Bertz CT molecular complexity index is 375. The summed E-state index contributed by atoms with van der Waals surface area (Å²) in [7, 11) is 0. The van der Waals surface area contributed by atoms with E-state index in [1.807, 2.05) is 0 Å². The van der Waals surface area contributed by atoms with Crippen LogP contribution in [0.5, 0.6) is 0 Å². The van der Waals surface area contributed by atoms with E-state index in [9.17, 15) is 4.79 Å². The number of aliphatic carboxylic acids is 1. The first-order valence-electron chi connectivity index (χ1n) is 5.57. The largest absolute Gasteiger partial charge is 0.481 e. The maximum atomic E-state index is 10.5. The third-order valence-corrected chi connectivity index (χ3v) is 2.97. The average molecular weight is 224 g/mol. The average Bonchev–Trinajstić information content (AvgIpc) is 2.83. The van der Waals surface area contributed by atoms with Gasteiger partial charge in [0.25, 0.3) is 0 Å². The zero-order valence-corrected chi connectivity index (χ0v) is 9.35. The van der Waals surface area contributed by atoms with Gasteiger partial charge in [0.2, 0.25) is 0 Å². The molecule has 0 amide bonds. The van der Waals surface area contributed by atoms with Gasteiger partial charge in [0.05, 0.1) is 12.1 Å². The summed E-state index contributed by atoms with van der Waals surface area (Å²) in [6.07, 6.45) is 2.44. The molecule has 2 heterocycles. The Hall–Kier alpha value is -1.36. The smallest absolute Gasteiger partial charge is 0.309 e. The van der Waals surface area contributed by atoms with Crippen molar-refractivity contribution in [2.24, 2.45) is 0 Å². The Morgan fingerprint density at radius 2 is 2.56 bits per heavy atom. The van der Waals surface area contributed by atoms with Crippen molar-refractivity contribution in [1.29, 1.82) is 0 Å². The van der Waals surface area contributed by atoms with Gasteiger partial charge < -0.3 is 14.4 Å². The molecular formula is C11H16N2O3. The van der Waals surface area contributed by atoms with Crippen molar-refractivity contribution in [3.8, 4) is 0 Å². The van der Waals surface area contributed by atoms with Crippen LogP contribution in [0.15, 0.2) is 10.7 Å². The number of nitrogens with zero attached hydrogens (tertiary/aromatic N) is 2. The van der Waals surface area contributed by atoms with E-state index >= 15 is 0 Å². The van der Waals surface area contributed by atoms with Gasteiger partial charge in [-0.3, -0.25) is 4.79 Å². The molecule has 0 aliphatic carbocycles. The number of carbonyl (C=O) groups is 1. The molecule has 1 fully saturated rings. The molecule has 1 aromatic rings. The minimum absolute atomic E-state index is 0.0618. The zero-order valence-electron chi connectivity index (χ0n) is 9.35. The molecular weight excluding hydrogens is 208 g/mol. The number of likely N-dealkylation sites (N-methyl/N-ethyl adjacent to an activating group) is 1. The van der Waals surface area contributed by atoms with Gasteiger partial charge in [0.15, 0.2) is 5.89 Å². The van der Waals surface area contributed by atoms with Crippen molar-refractivity contribution in [2.75, 3.05) is 19.6 Å². The molecule has 1 aromatic heterocycles. The number of likely N-dealkylation sites (tertiary alicyclic amines) is 1. The van der Waals surface area contributed by atoms with Crippen LogP contribution >= 0.6 is 0 Å². The van der Waals surface area contributed by atoms with Crippen molar-refractivity contribution in [3.05, 3.63) is 17.8 Å². The van der Waals surface area contributed by atoms with Gasteiger partial charge in [0, 0.05) is 12.5 Å². The quantitative estimate of drug-likeness (QED) is 0.829. The first-order chi connectivity index (χ1) is 7.69. The molecule has 0 bridgehead atoms. The van der Waals surface area contributed by atoms with Crippen LogP contribution in [0.1, 0.15) is 30.8 Å². The van der Waals surface area contributed by atoms with Crippen molar-refractivity contribution >= 4 is 5.97 Å². The van der Waals surface area contributed by atoms with E-state index in [0.29, 0.717) is 17.5 Å². The third kappa shape index (κ3) is 2.41. The van der Waals surface area contributed by atoms with Crippen LogP contribution in [0.3, 0.4) is 0 Å². The van der Waals surface area contributed by atoms with Crippen molar-refractivity contribution in [3.63, 3.8) is 0 Å². The summed E-state index contributed by atoms with van der Waals surface area (Å²) in [5, 5.41) is 8.63. The highest BCUT2D eigenvalue weighted by Gasteiger charge is 2.26. The molecule has 1 aliphatic heterocycles. The summed E-state index contributed by atoms with van der Waals surface area (Å²) in [6, 6.07) is 0. The molecule has 5 nitrogen and oxygen atoms in total. The molecule has 1 aliphatic rings. The van der Waals surface area contributed by atoms with Gasteiger partial charge >= 0.3 is 5.97 Å². The lowest BCUT2D eigenvalue weighted by Crippen LogP contribution is -2.19. The number of carboxylic acid groups (broad SMARTS) is 1. The van der Waals surface area contributed by atoms with Crippen molar-refractivity contribution in [1.82, 2.24) is 9.88 Å². The monoisotopic (exact) mass is 224 g/mol. The predicted octanol–water partition coefficient (Wildman–Crippen LogP) is 1.11. The Balaban J connectivity index is 1.99. The normalized spacial score (nSPS) is 21.4. The highest BCUT2D eigenvalue weighted by atomic mass is 16.4. The standard InChI is InChI=1S/C11H16N2O3/c1-2-13-4-3-8(6-13)11-12-9(7-16-11)5-10(14)15/h7-8H,2-6H2,1H3,(H,14,15). The van der Waals surface area contributed by atoms with E-state index in [0.717, 1.165) is 26.1 Å². The van der Waals surface area contributed by atoms with Gasteiger partial charge in [-0.1, -0.05) is 6.92 Å². The van der Waals surface area contributed by atoms with Gasteiger partial charge in [-0.2, -0.15) is 0 Å². The third-order valence-electron chi connectivity index (χ3n) is 2.97. The van der Waals surface area contributed by atoms with Crippen LogP contribution < -0.4 is 0 Å². The predicted molar refractivity (Wildman–Crippen MR) is 57.3 cm³/mol. The fourth-order valence-corrected chi connectivity index (χ4v) is 2.07. The first-order valence-corrected chi connectivity index (χ1v) is 5.57. The number of aromatic nitrogens is 1. The molecule has 0 spiro atoms. The van der Waals surface area contributed by atoms with Crippen LogP contribution in [0.4, 0.5) is 0 Å². The van der Waals surface area contributed by atoms with Crippen molar-refractivity contribution < 1.29 is 14.3 Å². The molecule has 16 heavy (non-hydrogen) atoms. The van der Waals surface area contributed by atoms with Crippen LogP contribution in [0, 0.1) is 0 Å². The summed E-state index contributed by atoms with van der Waals surface area (Å²) >= 11 is 0. The Kier molecular flexibility index (Phi) is 3.24. The summed E-state index contributed by atoms with van der Waals surface area (Å²) in [5.74, 6) is 0.135. The summed E-state index contributed by atoms with van der Waals surface area (Å²) in [5.41, 5.74) is 0.512. The highest BCUT2D eigenvalue weighted by Crippen LogP contribution is 2.26. The van der Waals surface area contributed by atoms with E-state index < -0.39 is 5.97 Å². The van der Waals surface area contributed by atoms with Crippen LogP contribution in [-0.4, -0.2) is 40.6 Å². The molecule has 2 rings (SSSR count).